The third kappa shape index (κ3) is 3.24. The Hall–Kier alpha value is -2.43. The van der Waals surface area contributed by atoms with Gasteiger partial charge >= 0.3 is 0 Å². The van der Waals surface area contributed by atoms with Gasteiger partial charge in [-0.25, -0.2) is 9.97 Å². The maximum Gasteiger partial charge on any atom is 0.221 e. The van der Waals surface area contributed by atoms with Crippen LogP contribution in [0.4, 0.5) is 17.2 Å². The van der Waals surface area contributed by atoms with E-state index in [4.69, 9.17) is 0 Å². The average molecular weight is 296 g/mol. The van der Waals surface area contributed by atoms with Gasteiger partial charge in [-0.15, -0.1) is 0 Å². The van der Waals surface area contributed by atoms with Crippen molar-refractivity contribution in [3.05, 3.63) is 41.3 Å². The second kappa shape index (κ2) is 5.75. The monoisotopic (exact) mass is 296 g/mol. The summed E-state index contributed by atoms with van der Waals surface area (Å²) in [5, 5.41) is 6.13. The van der Waals surface area contributed by atoms with Crippen molar-refractivity contribution in [3.8, 4) is 0 Å². The van der Waals surface area contributed by atoms with Gasteiger partial charge in [-0.05, 0) is 44.9 Å². The molecule has 1 saturated carbocycles. The quantitative estimate of drug-likeness (QED) is 0.903. The molecule has 1 fully saturated rings. The van der Waals surface area contributed by atoms with E-state index in [2.05, 4.69) is 20.6 Å². The van der Waals surface area contributed by atoms with Crippen LogP contribution in [0.1, 0.15) is 42.8 Å². The molecule has 2 N–H and O–H groups in total. The SMILES string of the molecule is CC(=O)Nc1cccc(Nc2nc(C3CC3)nc(C)c2C)c1. The van der Waals surface area contributed by atoms with E-state index in [1.807, 2.05) is 38.1 Å². The maximum atomic E-state index is 11.2. The van der Waals surface area contributed by atoms with Gasteiger partial charge in [0.05, 0.1) is 0 Å². The molecule has 0 radical (unpaired) electrons. The van der Waals surface area contributed by atoms with Crippen molar-refractivity contribution in [2.24, 2.45) is 0 Å². The van der Waals surface area contributed by atoms with Crippen molar-refractivity contribution >= 4 is 23.1 Å². The van der Waals surface area contributed by atoms with Crippen LogP contribution in [-0.2, 0) is 4.79 Å². The Labute approximate surface area is 130 Å². The molecular formula is C17H20N4O. The summed E-state index contributed by atoms with van der Waals surface area (Å²) in [6.45, 7) is 5.54. The van der Waals surface area contributed by atoms with Crippen LogP contribution < -0.4 is 10.6 Å². The number of rotatable bonds is 4. The topological polar surface area (TPSA) is 66.9 Å². The van der Waals surface area contributed by atoms with Crippen molar-refractivity contribution < 1.29 is 4.79 Å². The molecule has 0 bridgehead atoms. The van der Waals surface area contributed by atoms with E-state index in [0.29, 0.717) is 5.92 Å². The third-order valence-electron chi connectivity index (χ3n) is 3.79. The molecule has 1 amide bonds. The first kappa shape index (κ1) is 14.5. The Morgan fingerprint density at radius 3 is 2.59 bits per heavy atom. The highest BCUT2D eigenvalue weighted by Crippen LogP contribution is 2.39. The second-order valence-electron chi connectivity index (χ2n) is 5.80. The predicted octanol–water partition coefficient (Wildman–Crippen LogP) is 3.67. The fourth-order valence-corrected chi connectivity index (χ4v) is 2.31. The largest absolute Gasteiger partial charge is 0.340 e. The highest BCUT2D eigenvalue weighted by Gasteiger charge is 2.27. The van der Waals surface area contributed by atoms with E-state index in [1.54, 1.807) is 0 Å². The summed E-state index contributed by atoms with van der Waals surface area (Å²) >= 11 is 0. The van der Waals surface area contributed by atoms with Crippen molar-refractivity contribution in [1.82, 2.24) is 9.97 Å². The number of hydrogen-bond donors (Lipinski definition) is 2. The fraction of sp³-hybridized carbons (Fsp3) is 0.353. The minimum atomic E-state index is -0.0813. The van der Waals surface area contributed by atoms with Gasteiger partial charge in [-0.2, -0.15) is 0 Å². The summed E-state index contributed by atoms with van der Waals surface area (Å²) in [4.78, 5) is 20.4. The van der Waals surface area contributed by atoms with Crippen LogP contribution in [0, 0.1) is 13.8 Å². The van der Waals surface area contributed by atoms with Gasteiger partial charge in [-0.1, -0.05) is 6.07 Å². The Kier molecular flexibility index (Phi) is 3.79. The summed E-state index contributed by atoms with van der Waals surface area (Å²) in [5.41, 5.74) is 3.73. The van der Waals surface area contributed by atoms with Crippen molar-refractivity contribution in [2.45, 2.75) is 39.5 Å². The van der Waals surface area contributed by atoms with Crippen molar-refractivity contribution in [2.75, 3.05) is 10.6 Å². The van der Waals surface area contributed by atoms with E-state index in [1.165, 1.54) is 19.8 Å². The number of carbonyl (C=O) groups is 1. The van der Waals surface area contributed by atoms with Gasteiger partial charge in [0.25, 0.3) is 0 Å². The van der Waals surface area contributed by atoms with Gasteiger partial charge in [0.2, 0.25) is 5.91 Å². The molecule has 0 aliphatic heterocycles. The molecule has 0 spiro atoms. The van der Waals surface area contributed by atoms with Crippen LogP contribution in [0.15, 0.2) is 24.3 Å². The lowest BCUT2D eigenvalue weighted by atomic mass is 10.2. The van der Waals surface area contributed by atoms with E-state index < -0.39 is 0 Å². The summed E-state index contributed by atoms with van der Waals surface area (Å²) in [6.07, 6.45) is 2.36. The van der Waals surface area contributed by atoms with Crippen molar-refractivity contribution in [1.29, 1.82) is 0 Å². The molecule has 0 saturated heterocycles. The Balaban J connectivity index is 1.87. The molecule has 0 atom stereocenters. The molecular weight excluding hydrogens is 276 g/mol. The number of carbonyl (C=O) groups excluding carboxylic acids is 1. The first-order valence-corrected chi connectivity index (χ1v) is 7.53. The van der Waals surface area contributed by atoms with E-state index in [9.17, 15) is 4.79 Å². The highest BCUT2D eigenvalue weighted by molar-refractivity contribution is 5.89. The lowest BCUT2D eigenvalue weighted by molar-refractivity contribution is -0.114. The molecule has 1 heterocycles. The number of aromatic nitrogens is 2. The Morgan fingerprint density at radius 1 is 1.18 bits per heavy atom. The minimum Gasteiger partial charge on any atom is -0.340 e. The summed E-state index contributed by atoms with van der Waals surface area (Å²) in [6, 6.07) is 7.62. The number of aryl methyl sites for hydroxylation is 1. The normalized spacial score (nSPS) is 13.8. The number of nitrogens with one attached hydrogen (secondary N) is 2. The highest BCUT2D eigenvalue weighted by atomic mass is 16.1. The molecule has 5 heteroatoms. The van der Waals surface area contributed by atoms with E-state index in [0.717, 1.165) is 34.3 Å². The first-order chi connectivity index (χ1) is 10.5. The standard InChI is InChI=1S/C17H20N4O/c1-10-11(2)18-17(13-7-8-13)21-16(10)20-15-6-4-5-14(9-15)19-12(3)22/h4-6,9,13H,7-8H2,1-3H3,(H,19,22)(H,18,20,21). The minimum absolute atomic E-state index is 0.0813. The number of nitrogens with zero attached hydrogens (tertiary/aromatic N) is 2. The van der Waals surface area contributed by atoms with Crippen LogP contribution in [0.5, 0.6) is 0 Å². The molecule has 5 nitrogen and oxygen atoms in total. The first-order valence-electron chi connectivity index (χ1n) is 7.53. The van der Waals surface area contributed by atoms with Crippen LogP contribution in [0.2, 0.25) is 0 Å². The smallest absolute Gasteiger partial charge is 0.221 e. The molecule has 114 valence electrons. The molecule has 1 aromatic heterocycles. The van der Waals surface area contributed by atoms with Crippen LogP contribution >= 0.6 is 0 Å². The number of benzene rings is 1. The molecule has 22 heavy (non-hydrogen) atoms. The van der Waals surface area contributed by atoms with Gasteiger partial charge in [0, 0.05) is 35.5 Å². The van der Waals surface area contributed by atoms with E-state index >= 15 is 0 Å². The predicted molar refractivity (Wildman–Crippen MR) is 87.5 cm³/mol. The summed E-state index contributed by atoms with van der Waals surface area (Å²) < 4.78 is 0. The second-order valence-corrected chi connectivity index (χ2v) is 5.80. The lowest BCUT2D eigenvalue weighted by Crippen LogP contribution is -2.07. The zero-order valence-electron chi connectivity index (χ0n) is 13.1. The summed E-state index contributed by atoms with van der Waals surface area (Å²) in [7, 11) is 0. The maximum absolute atomic E-state index is 11.2. The third-order valence-corrected chi connectivity index (χ3v) is 3.79. The Morgan fingerprint density at radius 2 is 1.91 bits per heavy atom. The zero-order valence-corrected chi connectivity index (χ0v) is 13.1. The zero-order chi connectivity index (χ0) is 15.7. The molecule has 3 rings (SSSR count). The van der Waals surface area contributed by atoms with Gasteiger partial charge in [-0.3, -0.25) is 4.79 Å². The lowest BCUT2D eigenvalue weighted by Gasteiger charge is -2.13. The summed E-state index contributed by atoms with van der Waals surface area (Å²) in [5.74, 6) is 2.21. The molecule has 1 aliphatic rings. The van der Waals surface area contributed by atoms with Gasteiger partial charge in [0.15, 0.2) is 0 Å². The number of anilines is 3. The Bertz CT molecular complexity index is 723. The molecule has 1 aromatic carbocycles. The average Bonchev–Trinajstić information content (AvgIpc) is 3.28. The van der Waals surface area contributed by atoms with Crippen molar-refractivity contribution in [3.63, 3.8) is 0 Å². The fourth-order valence-electron chi connectivity index (χ4n) is 2.31. The van der Waals surface area contributed by atoms with Crippen LogP contribution in [-0.4, -0.2) is 15.9 Å². The van der Waals surface area contributed by atoms with Gasteiger partial charge < -0.3 is 10.6 Å². The molecule has 2 aromatic rings. The molecule has 0 unspecified atom stereocenters. The van der Waals surface area contributed by atoms with Gasteiger partial charge in [0.1, 0.15) is 11.6 Å². The number of amides is 1. The number of hydrogen-bond acceptors (Lipinski definition) is 4. The van der Waals surface area contributed by atoms with Crippen LogP contribution in [0.3, 0.4) is 0 Å². The molecule has 1 aliphatic carbocycles. The van der Waals surface area contributed by atoms with E-state index in [-0.39, 0.29) is 5.91 Å². The van der Waals surface area contributed by atoms with Crippen LogP contribution in [0.25, 0.3) is 0 Å².